The Morgan fingerprint density at radius 2 is 0.810 bits per heavy atom. The Morgan fingerprint density at radius 3 is 1.27 bits per heavy atom. The molecule has 1 amide bonds. The largest absolute Gasteiger partial charge is 0.756 e. The Kier molecular flexibility index (Phi) is 56.3. The molecule has 0 aliphatic rings. The van der Waals surface area contributed by atoms with Gasteiger partial charge in [0.25, 0.3) is 7.82 Å². The maximum atomic E-state index is 13.5. The molecule has 458 valence electrons. The topological polar surface area (TPSA) is 114 Å². The number of nitrogens with one attached hydrogen (secondary N) is 1. The minimum Gasteiger partial charge on any atom is -0.756 e. The van der Waals surface area contributed by atoms with Crippen LogP contribution >= 0.6 is 7.82 Å². The maximum absolute atomic E-state index is 13.5. The number of allylic oxidation sites excluding steroid dienone is 13. The van der Waals surface area contributed by atoms with E-state index in [9.17, 15) is 19.0 Å². The molecule has 0 heterocycles. The van der Waals surface area contributed by atoms with Crippen LogP contribution in [0.3, 0.4) is 0 Å². The van der Waals surface area contributed by atoms with Crippen LogP contribution in [0.15, 0.2) is 85.1 Å². The number of carbonyl (C=O) groups is 2. The Hall–Kier alpha value is -2.81. The first kappa shape index (κ1) is 76.2. The number of esters is 1. The number of phosphoric acid groups is 1. The number of nitrogens with zero attached hydrogens (tertiary/aromatic N) is 1. The lowest BCUT2D eigenvalue weighted by atomic mass is 10.0. The summed E-state index contributed by atoms with van der Waals surface area (Å²) in [6.45, 7) is 6.79. The van der Waals surface area contributed by atoms with E-state index in [1.807, 2.05) is 33.3 Å². The van der Waals surface area contributed by atoms with Crippen LogP contribution in [0.4, 0.5) is 0 Å². The zero-order chi connectivity index (χ0) is 57.9. The van der Waals surface area contributed by atoms with Crippen LogP contribution in [0.1, 0.15) is 290 Å². The fourth-order valence-electron chi connectivity index (χ4n) is 9.20. The molecule has 0 bridgehead atoms. The lowest BCUT2D eigenvalue weighted by Crippen LogP contribution is -2.47. The number of phosphoric ester groups is 1. The molecule has 0 aliphatic carbocycles. The summed E-state index contributed by atoms with van der Waals surface area (Å²) in [5, 5.41) is 3.01. The number of carbonyl (C=O) groups excluding carboxylic acids is 2. The summed E-state index contributed by atoms with van der Waals surface area (Å²) in [5.74, 6) is -0.577. The van der Waals surface area contributed by atoms with Crippen molar-refractivity contribution in [3.63, 3.8) is 0 Å². The molecule has 0 saturated heterocycles. The van der Waals surface area contributed by atoms with Gasteiger partial charge < -0.3 is 28.5 Å². The van der Waals surface area contributed by atoms with Crippen molar-refractivity contribution in [2.75, 3.05) is 40.9 Å². The molecule has 0 saturated carbocycles. The van der Waals surface area contributed by atoms with Crippen molar-refractivity contribution in [1.29, 1.82) is 0 Å². The molecule has 0 rings (SSSR count). The third-order valence-electron chi connectivity index (χ3n) is 14.3. The number of rotatable bonds is 59. The van der Waals surface area contributed by atoms with Gasteiger partial charge in [0.05, 0.1) is 33.8 Å². The Labute approximate surface area is 488 Å². The highest BCUT2D eigenvalue weighted by atomic mass is 31.2. The molecular weight excluding hydrogens is 1000 g/mol. The normalized spacial score (nSPS) is 14.2. The second-order valence-corrected chi connectivity index (χ2v) is 24.7. The average Bonchev–Trinajstić information content (AvgIpc) is 3.41. The fraction of sp³-hybridized carbons (Fsp3) is 0.768. The summed E-state index contributed by atoms with van der Waals surface area (Å²) in [6.07, 6.45) is 77.0. The van der Waals surface area contributed by atoms with Crippen molar-refractivity contribution < 1.29 is 37.3 Å². The molecule has 79 heavy (non-hydrogen) atoms. The molecule has 3 unspecified atom stereocenters. The van der Waals surface area contributed by atoms with Crippen LogP contribution in [0.2, 0.25) is 0 Å². The summed E-state index contributed by atoms with van der Waals surface area (Å²) in [6, 6.07) is -0.908. The van der Waals surface area contributed by atoms with Crippen molar-refractivity contribution in [1.82, 2.24) is 5.32 Å². The second kappa shape index (κ2) is 58.4. The van der Waals surface area contributed by atoms with Crippen molar-refractivity contribution in [3.05, 3.63) is 85.1 Å². The van der Waals surface area contributed by atoms with Gasteiger partial charge in [0.2, 0.25) is 5.91 Å². The van der Waals surface area contributed by atoms with Gasteiger partial charge >= 0.3 is 5.97 Å². The highest BCUT2D eigenvalue weighted by Gasteiger charge is 2.27. The second-order valence-electron chi connectivity index (χ2n) is 23.3. The lowest BCUT2D eigenvalue weighted by Gasteiger charge is -2.30. The summed E-state index contributed by atoms with van der Waals surface area (Å²) >= 11 is 0. The first-order valence-electron chi connectivity index (χ1n) is 32.9. The van der Waals surface area contributed by atoms with Crippen LogP contribution in [-0.2, 0) is 27.9 Å². The predicted molar refractivity (Wildman–Crippen MR) is 339 cm³/mol. The van der Waals surface area contributed by atoms with Gasteiger partial charge in [0.1, 0.15) is 19.3 Å². The van der Waals surface area contributed by atoms with Crippen molar-refractivity contribution >= 4 is 19.7 Å². The van der Waals surface area contributed by atoms with E-state index in [1.54, 1.807) is 0 Å². The number of amides is 1. The van der Waals surface area contributed by atoms with Crippen LogP contribution < -0.4 is 10.2 Å². The number of quaternary nitrogens is 1. The molecule has 1 N–H and O–H groups in total. The number of unbranched alkanes of at least 4 members (excludes halogenated alkanes) is 32. The van der Waals surface area contributed by atoms with E-state index in [2.05, 4.69) is 99.0 Å². The summed E-state index contributed by atoms with van der Waals surface area (Å²) in [7, 11) is 1.16. The number of hydrogen-bond acceptors (Lipinski definition) is 7. The molecule has 10 heteroatoms. The molecule has 0 aliphatic heterocycles. The SMILES string of the molecule is CCCCC/C=C\C/C=C\C/C=C\C/C=C\CCCCCCCCCCCC(=O)OC(/C=C\CCCCCCCCCCCC)C(COP(=O)([O-])OCC[N+](C)(C)C)NC(=O)CCCCC/C=C/C=C/CCCCCCCCC. The molecule has 0 spiro atoms. The van der Waals surface area contributed by atoms with Gasteiger partial charge in [-0.3, -0.25) is 14.2 Å². The smallest absolute Gasteiger partial charge is 0.306 e. The van der Waals surface area contributed by atoms with E-state index in [0.29, 0.717) is 17.4 Å². The molecule has 0 aromatic heterocycles. The van der Waals surface area contributed by atoms with Crippen LogP contribution in [0.25, 0.3) is 0 Å². The van der Waals surface area contributed by atoms with E-state index in [4.69, 9.17) is 13.8 Å². The zero-order valence-corrected chi connectivity index (χ0v) is 53.2. The van der Waals surface area contributed by atoms with E-state index in [-0.39, 0.29) is 31.3 Å². The third-order valence-corrected chi connectivity index (χ3v) is 15.3. The molecule has 0 fully saturated rings. The summed E-state index contributed by atoms with van der Waals surface area (Å²) < 4.78 is 30.3. The van der Waals surface area contributed by atoms with Gasteiger partial charge in [-0.2, -0.15) is 0 Å². The Balaban J connectivity index is 5.19. The molecule has 9 nitrogen and oxygen atoms in total. The molecule has 3 atom stereocenters. The minimum atomic E-state index is -4.71. The van der Waals surface area contributed by atoms with Gasteiger partial charge in [0.15, 0.2) is 0 Å². The van der Waals surface area contributed by atoms with E-state index in [1.165, 1.54) is 154 Å². The number of ether oxygens (including phenoxy) is 1. The van der Waals surface area contributed by atoms with Crippen molar-refractivity contribution in [2.45, 2.75) is 303 Å². The van der Waals surface area contributed by atoms with Gasteiger partial charge in [-0.25, -0.2) is 0 Å². The molecule has 0 radical (unpaired) electrons. The summed E-state index contributed by atoms with van der Waals surface area (Å²) in [4.78, 5) is 40.0. The van der Waals surface area contributed by atoms with Crippen molar-refractivity contribution in [3.8, 4) is 0 Å². The van der Waals surface area contributed by atoms with Gasteiger partial charge in [-0.15, -0.1) is 0 Å². The van der Waals surface area contributed by atoms with E-state index >= 15 is 0 Å². The number of likely N-dealkylation sites (N-methyl/N-ethyl adjacent to an activating group) is 1. The van der Waals surface area contributed by atoms with Gasteiger partial charge in [0, 0.05) is 12.8 Å². The first-order chi connectivity index (χ1) is 38.4. The predicted octanol–water partition coefficient (Wildman–Crippen LogP) is 19.9. The zero-order valence-electron chi connectivity index (χ0n) is 52.3. The Morgan fingerprint density at radius 1 is 0.456 bits per heavy atom. The van der Waals surface area contributed by atoms with Crippen LogP contribution in [0.5, 0.6) is 0 Å². The lowest BCUT2D eigenvalue weighted by molar-refractivity contribution is -0.870. The quantitative estimate of drug-likeness (QED) is 0.0161. The molecule has 0 aromatic carbocycles. The third kappa shape index (κ3) is 59.6. The fourth-order valence-corrected chi connectivity index (χ4v) is 9.93. The highest BCUT2D eigenvalue weighted by Crippen LogP contribution is 2.38. The van der Waals surface area contributed by atoms with E-state index in [0.717, 1.165) is 96.3 Å². The monoisotopic (exact) mass is 1120 g/mol. The first-order valence-corrected chi connectivity index (χ1v) is 34.4. The van der Waals surface area contributed by atoms with Crippen LogP contribution in [0, 0.1) is 0 Å². The molecule has 0 aromatic rings. The number of hydrogen-bond donors (Lipinski definition) is 1. The minimum absolute atomic E-state index is 0.0312. The van der Waals surface area contributed by atoms with Gasteiger partial charge in [-0.05, 0) is 102 Å². The van der Waals surface area contributed by atoms with Crippen LogP contribution in [-0.4, -0.2) is 69.4 Å². The summed E-state index contributed by atoms with van der Waals surface area (Å²) in [5.41, 5.74) is 0. The Bertz CT molecular complexity index is 1630. The standard InChI is InChI=1S/C69H125N2O7P/c1-7-10-13-16-19-22-25-28-30-32-33-34-35-36-37-38-39-40-42-44-47-50-53-56-59-62-69(73)78-67(60-57-54-51-48-45-27-24-21-18-15-12-9-3)66(65-77-79(74,75)76-64-63-71(4,5)6)70-68(72)61-58-55-52-49-46-43-41-31-29-26-23-20-17-14-11-8-2/h19,22,28,30-31,33-34,36-37,41,43,46,57,60,66-67H,7-18,20-21,23-27,29,32,35,38-40,42,44-45,47-56,58-59,61-65H2,1-6H3,(H-,70,72,74,75)/b22-19-,30-28-,34-33-,37-36-,41-31+,46-43+,60-57-. The average molecular weight is 1130 g/mol. The maximum Gasteiger partial charge on any atom is 0.306 e. The molecular formula is C69H125N2O7P. The van der Waals surface area contributed by atoms with Gasteiger partial charge in [-0.1, -0.05) is 260 Å². The highest BCUT2D eigenvalue weighted by molar-refractivity contribution is 7.45. The van der Waals surface area contributed by atoms with Crippen molar-refractivity contribution in [2.24, 2.45) is 0 Å². The van der Waals surface area contributed by atoms with E-state index < -0.39 is 26.6 Å².